The molecule has 23 heavy (non-hydrogen) atoms. The fourth-order valence-corrected chi connectivity index (χ4v) is 2.91. The summed E-state index contributed by atoms with van der Waals surface area (Å²) >= 11 is 0. The molecule has 0 radical (unpaired) electrons. The summed E-state index contributed by atoms with van der Waals surface area (Å²) in [5.41, 5.74) is 7.33. The lowest BCUT2D eigenvalue weighted by molar-refractivity contribution is 0.0496. The van der Waals surface area contributed by atoms with Gasteiger partial charge >= 0.3 is 0 Å². The molecule has 1 unspecified atom stereocenters. The van der Waals surface area contributed by atoms with Gasteiger partial charge in [0.1, 0.15) is 12.4 Å². The molecule has 0 saturated carbocycles. The van der Waals surface area contributed by atoms with Crippen LogP contribution in [-0.4, -0.2) is 25.9 Å². The minimum absolute atomic E-state index is 0. The van der Waals surface area contributed by atoms with E-state index in [0.29, 0.717) is 25.2 Å². The van der Waals surface area contributed by atoms with Gasteiger partial charge in [0.25, 0.3) is 0 Å². The quantitative estimate of drug-likeness (QED) is 0.703. The van der Waals surface area contributed by atoms with Gasteiger partial charge in [0.15, 0.2) is 0 Å². The van der Waals surface area contributed by atoms with Crippen LogP contribution in [0.5, 0.6) is 5.75 Å². The van der Waals surface area contributed by atoms with Crippen molar-refractivity contribution >= 4 is 12.4 Å². The monoisotopic (exact) mass is 343 g/mol. The first-order valence-electron chi connectivity index (χ1n) is 8.19. The van der Waals surface area contributed by atoms with Crippen LogP contribution in [0.25, 0.3) is 0 Å². The van der Waals surface area contributed by atoms with Gasteiger partial charge in [0.2, 0.25) is 0 Å². The molecule has 1 atom stereocenters. The summed E-state index contributed by atoms with van der Waals surface area (Å²) in [5.74, 6) is 0.888. The van der Waals surface area contributed by atoms with Crippen molar-refractivity contribution in [3.05, 3.63) is 29.8 Å². The molecule has 0 aliphatic rings. The summed E-state index contributed by atoms with van der Waals surface area (Å²) in [6, 6.07) is 8.44. The van der Waals surface area contributed by atoms with Crippen LogP contribution in [0.2, 0.25) is 0 Å². The van der Waals surface area contributed by atoms with Crippen molar-refractivity contribution in [3.63, 3.8) is 0 Å². The van der Waals surface area contributed by atoms with Crippen molar-refractivity contribution in [2.24, 2.45) is 11.1 Å². The molecule has 4 heteroatoms. The fraction of sp³-hybridized carbons (Fsp3) is 0.684. The molecule has 0 aromatic heterocycles. The van der Waals surface area contributed by atoms with Crippen LogP contribution >= 0.6 is 12.4 Å². The second-order valence-electron chi connectivity index (χ2n) is 7.91. The smallest absolute Gasteiger partial charge is 0.119 e. The maximum Gasteiger partial charge on any atom is 0.119 e. The van der Waals surface area contributed by atoms with Gasteiger partial charge in [0.05, 0.1) is 12.7 Å². The minimum atomic E-state index is 0. The van der Waals surface area contributed by atoms with Crippen molar-refractivity contribution in [2.45, 2.75) is 59.5 Å². The topological polar surface area (TPSA) is 44.5 Å². The highest BCUT2D eigenvalue weighted by atomic mass is 35.5. The summed E-state index contributed by atoms with van der Waals surface area (Å²) in [4.78, 5) is 0. The second kappa shape index (κ2) is 9.51. The molecule has 1 rings (SSSR count). The van der Waals surface area contributed by atoms with Gasteiger partial charge in [-0.1, -0.05) is 46.8 Å². The Labute approximate surface area is 148 Å². The summed E-state index contributed by atoms with van der Waals surface area (Å²) in [5, 5.41) is 0. The molecule has 0 amide bonds. The van der Waals surface area contributed by atoms with Gasteiger partial charge < -0.3 is 15.2 Å². The van der Waals surface area contributed by atoms with Crippen LogP contribution < -0.4 is 10.5 Å². The SMILES string of the molecule is CC(CN)OCCOc1ccc(C(C)(C)CC(C)(C)C)cc1.Cl. The summed E-state index contributed by atoms with van der Waals surface area (Å²) < 4.78 is 11.2. The second-order valence-corrected chi connectivity index (χ2v) is 7.91. The first-order valence-corrected chi connectivity index (χ1v) is 8.19. The van der Waals surface area contributed by atoms with Crippen molar-refractivity contribution in [2.75, 3.05) is 19.8 Å². The maximum atomic E-state index is 5.70. The average molecular weight is 344 g/mol. The molecule has 0 saturated heterocycles. The Hall–Kier alpha value is -0.770. The van der Waals surface area contributed by atoms with E-state index in [0.717, 1.165) is 12.2 Å². The summed E-state index contributed by atoms with van der Waals surface area (Å²) in [6.45, 7) is 15.1. The van der Waals surface area contributed by atoms with E-state index in [2.05, 4.69) is 46.8 Å². The van der Waals surface area contributed by atoms with Crippen molar-refractivity contribution in [3.8, 4) is 5.75 Å². The molecule has 0 aliphatic carbocycles. The van der Waals surface area contributed by atoms with Crippen LogP contribution in [0.1, 0.15) is 53.5 Å². The van der Waals surface area contributed by atoms with E-state index in [9.17, 15) is 0 Å². The number of nitrogens with two attached hydrogens (primary N) is 1. The molecule has 0 bridgehead atoms. The molecule has 0 fully saturated rings. The van der Waals surface area contributed by atoms with Crippen molar-refractivity contribution in [1.82, 2.24) is 0 Å². The first-order chi connectivity index (χ1) is 10.1. The van der Waals surface area contributed by atoms with Gasteiger partial charge in [0, 0.05) is 6.54 Å². The number of halogens is 1. The summed E-state index contributed by atoms with van der Waals surface area (Å²) in [7, 11) is 0. The third-order valence-electron chi connectivity index (χ3n) is 3.69. The van der Waals surface area contributed by atoms with E-state index in [1.165, 1.54) is 5.56 Å². The normalized spacial score (nSPS) is 13.3. The van der Waals surface area contributed by atoms with Crippen molar-refractivity contribution < 1.29 is 9.47 Å². The molecular formula is C19H34ClNO2. The molecule has 0 heterocycles. The molecule has 3 nitrogen and oxygen atoms in total. The molecule has 0 aliphatic heterocycles. The highest BCUT2D eigenvalue weighted by Gasteiger charge is 2.27. The Balaban J connectivity index is 0.00000484. The largest absolute Gasteiger partial charge is 0.491 e. The lowest BCUT2D eigenvalue weighted by atomic mass is 9.72. The predicted octanol–water partition coefficient (Wildman–Crippen LogP) is 4.56. The van der Waals surface area contributed by atoms with E-state index < -0.39 is 0 Å². The van der Waals surface area contributed by atoms with Gasteiger partial charge in [-0.2, -0.15) is 0 Å². The van der Waals surface area contributed by atoms with Crippen LogP contribution in [0.15, 0.2) is 24.3 Å². The molecule has 134 valence electrons. The third-order valence-corrected chi connectivity index (χ3v) is 3.69. The lowest BCUT2D eigenvalue weighted by Gasteiger charge is -2.33. The van der Waals surface area contributed by atoms with Gasteiger partial charge in [-0.05, 0) is 41.9 Å². The van der Waals surface area contributed by atoms with E-state index >= 15 is 0 Å². The standard InChI is InChI=1S/C19H33NO2.ClH/c1-15(13-20)21-11-12-22-17-9-7-16(8-10-17)19(5,6)14-18(2,3)4;/h7-10,15H,11-14,20H2,1-6H3;1H. The molecule has 2 N–H and O–H groups in total. The van der Waals surface area contributed by atoms with Crippen LogP contribution in [0.3, 0.4) is 0 Å². The van der Waals surface area contributed by atoms with E-state index in [1.807, 2.05) is 19.1 Å². The lowest BCUT2D eigenvalue weighted by Crippen LogP contribution is -2.24. The minimum Gasteiger partial charge on any atom is -0.491 e. The van der Waals surface area contributed by atoms with Crippen LogP contribution in [0, 0.1) is 5.41 Å². The van der Waals surface area contributed by atoms with Gasteiger partial charge in [-0.25, -0.2) is 0 Å². The van der Waals surface area contributed by atoms with Gasteiger partial charge in [-0.15, -0.1) is 12.4 Å². The average Bonchev–Trinajstić information content (AvgIpc) is 2.41. The molecule has 0 spiro atoms. The molecule has 1 aromatic carbocycles. The zero-order valence-corrected chi connectivity index (χ0v) is 16.3. The summed E-state index contributed by atoms with van der Waals surface area (Å²) in [6.07, 6.45) is 1.23. The maximum absolute atomic E-state index is 5.70. The molecular weight excluding hydrogens is 310 g/mol. The van der Waals surface area contributed by atoms with Crippen LogP contribution in [0.4, 0.5) is 0 Å². The van der Waals surface area contributed by atoms with E-state index in [-0.39, 0.29) is 23.9 Å². The number of hydrogen-bond acceptors (Lipinski definition) is 3. The highest BCUT2D eigenvalue weighted by molar-refractivity contribution is 5.85. The predicted molar refractivity (Wildman–Crippen MR) is 101 cm³/mol. The number of benzene rings is 1. The fourth-order valence-electron chi connectivity index (χ4n) is 2.91. The zero-order chi connectivity index (χ0) is 16.8. The molecule has 1 aromatic rings. The Morgan fingerprint density at radius 3 is 2.04 bits per heavy atom. The number of ether oxygens (including phenoxy) is 2. The Morgan fingerprint density at radius 2 is 1.57 bits per heavy atom. The zero-order valence-electron chi connectivity index (χ0n) is 15.5. The first kappa shape index (κ1) is 22.2. The highest BCUT2D eigenvalue weighted by Crippen LogP contribution is 2.36. The van der Waals surface area contributed by atoms with Gasteiger partial charge in [-0.3, -0.25) is 0 Å². The Kier molecular flexibility index (Phi) is 9.19. The van der Waals surface area contributed by atoms with Crippen LogP contribution in [-0.2, 0) is 10.2 Å². The Morgan fingerprint density at radius 1 is 1.00 bits per heavy atom. The van der Waals surface area contributed by atoms with E-state index in [1.54, 1.807) is 0 Å². The number of rotatable bonds is 8. The third kappa shape index (κ3) is 8.59. The Bertz CT molecular complexity index is 438. The van der Waals surface area contributed by atoms with E-state index in [4.69, 9.17) is 15.2 Å². The number of hydrogen-bond donors (Lipinski definition) is 1. The van der Waals surface area contributed by atoms with Crippen molar-refractivity contribution in [1.29, 1.82) is 0 Å².